The van der Waals surface area contributed by atoms with Crippen molar-refractivity contribution in [1.82, 2.24) is 19.8 Å². The number of hydrogen-bond acceptors (Lipinski definition) is 6. The highest BCUT2D eigenvalue weighted by molar-refractivity contribution is 7.99. The van der Waals surface area contributed by atoms with Crippen LogP contribution in [0.2, 0.25) is 0 Å². The van der Waals surface area contributed by atoms with Gasteiger partial charge in [-0.1, -0.05) is 12.1 Å². The summed E-state index contributed by atoms with van der Waals surface area (Å²) in [6.45, 7) is 9.75. The van der Waals surface area contributed by atoms with E-state index >= 15 is 0 Å². The normalized spacial score (nSPS) is 16.2. The fourth-order valence-electron chi connectivity index (χ4n) is 4.10. The van der Waals surface area contributed by atoms with Crippen LogP contribution in [0.5, 0.6) is 0 Å². The summed E-state index contributed by atoms with van der Waals surface area (Å²) in [5.41, 5.74) is 1.96. The topological polar surface area (TPSA) is 69.3 Å². The third-order valence-corrected chi connectivity index (χ3v) is 8.37. The van der Waals surface area contributed by atoms with Crippen molar-refractivity contribution in [3.8, 4) is 0 Å². The summed E-state index contributed by atoms with van der Waals surface area (Å²) in [6.07, 6.45) is 0.910. The molecule has 3 aromatic rings. The lowest BCUT2D eigenvalue weighted by molar-refractivity contribution is -0.130. The highest BCUT2D eigenvalue weighted by Gasteiger charge is 2.24. The minimum Gasteiger partial charge on any atom is -0.340 e. The van der Waals surface area contributed by atoms with Crippen molar-refractivity contribution >= 4 is 39.2 Å². The molecule has 1 amide bonds. The zero-order valence-corrected chi connectivity index (χ0v) is 20.8. The number of nitrogens with zero attached hydrogens (tertiary/aromatic N) is 3. The number of nitrogens with one attached hydrogen (secondary N) is 1. The van der Waals surface area contributed by atoms with Gasteiger partial charge in [0.15, 0.2) is 0 Å². The molecule has 1 aliphatic heterocycles. The van der Waals surface area contributed by atoms with E-state index in [0.29, 0.717) is 23.5 Å². The fourth-order valence-corrected chi connectivity index (χ4v) is 5.98. The first-order valence-electron chi connectivity index (χ1n) is 11.2. The number of benzene rings is 1. The summed E-state index contributed by atoms with van der Waals surface area (Å²) in [5, 5.41) is 0.451. The van der Waals surface area contributed by atoms with Crippen LogP contribution in [0.1, 0.15) is 35.2 Å². The van der Waals surface area contributed by atoms with E-state index in [1.165, 1.54) is 35.2 Å². The van der Waals surface area contributed by atoms with Crippen LogP contribution in [0.25, 0.3) is 10.2 Å². The predicted molar refractivity (Wildman–Crippen MR) is 133 cm³/mol. The van der Waals surface area contributed by atoms with Crippen LogP contribution in [0.4, 0.5) is 4.39 Å². The van der Waals surface area contributed by atoms with Gasteiger partial charge in [-0.15, -0.1) is 23.1 Å². The average molecular weight is 489 g/mol. The van der Waals surface area contributed by atoms with E-state index in [4.69, 9.17) is 0 Å². The molecule has 9 heteroatoms. The van der Waals surface area contributed by atoms with E-state index in [1.54, 1.807) is 0 Å². The van der Waals surface area contributed by atoms with E-state index in [1.807, 2.05) is 37.8 Å². The maximum Gasteiger partial charge on any atom is 0.259 e. The number of thioether (sulfide) groups is 1. The number of rotatable bonds is 6. The van der Waals surface area contributed by atoms with E-state index in [2.05, 4.69) is 14.9 Å². The molecule has 176 valence electrons. The van der Waals surface area contributed by atoms with Gasteiger partial charge in [0.05, 0.1) is 16.4 Å². The van der Waals surface area contributed by atoms with Gasteiger partial charge in [-0.3, -0.25) is 14.5 Å². The van der Waals surface area contributed by atoms with Crippen molar-refractivity contribution in [2.24, 2.45) is 0 Å². The van der Waals surface area contributed by atoms with Crippen molar-refractivity contribution < 1.29 is 9.18 Å². The lowest BCUT2D eigenvalue weighted by Crippen LogP contribution is -2.39. The van der Waals surface area contributed by atoms with Crippen LogP contribution in [-0.4, -0.2) is 57.1 Å². The summed E-state index contributed by atoms with van der Waals surface area (Å²) in [7, 11) is 0. The second-order valence-electron chi connectivity index (χ2n) is 8.51. The Balaban J connectivity index is 1.32. The van der Waals surface area contributed by atoms with Gasteiger partial charge >= 0.3 is 0 Å². The predicted octanol–water partition coefficient (Wildman–Crippen LogP) is 4.10. The van der Waals surface area contributed by atoms with Crippen molar-refractivity contribution in [2.75, 3.05) is 26.2 Å². The first-order valence-corrected chi connectivity index (χ1v) is 13.0. The molecular formula is C24H29FN4O2S2. The molecule has 0 spiro atoms. The second-order valence-corrected chi connectivity index (χ2v) is 11.0. The molecule has 0 bridgehead atoms. The number of thiophene rings is 1. The Hall–Kier alpha value is -2.23. The Bertz CT molecular complexity index is 1190. The van der Waals surface area contributed by atoms with Crippen LogP contribution in [0.15, 0.2) is 29.1 Å². The lowest BCUT2D eigenvalue weighted by atomic mass is 10.2. The number of fused-ring (bicyclic) bond motifs is 1. The summed E-state index contributed by atoms with van der Waals surface area (Å²) in [5.74, 6) is 0.991. The van der Waals surface area contributed by atoms with Gasteiger partial charge in [0.2, 0.25) is 5.91 Å². The maximum atomic E-state index is 13.1. The number of carbonyl (C=O) groups excluding carboxylic acids is 1. The van der Waals surface area contributed by atoms with Gasteiger partial charge in [0.1, 0.15) is 16.5 Å². The first-order chi connectivity index (χ1) is 15.8. The van der Waals surface area contributed by atoms with Crippen LogP contribution < -0.4 is 5.56 Å². The Labute approximate surface area is 201 Å². The highest BCUT2D eigenvalue weighted by atomic mass is 32.2. The van der Waals surface area contributed by atoms with Gasteiger partial charge in [0, 0.05) is 37.6 Å². The molecule has 6 nitrogen and oxygen atoms in total. The molecule has 2 aromatic heterocycles. The number of aromatic amines is 1. The molecule has 0 radical (unpaired) electrons. The Morgan fingerprint density at radius 3 is 2.73 bits per heavy atom. The summed E-state index contributed by atoms with van der Waals surface area (Å²) in [4.78, 5) is 39.2. The lowest BCUT2D eigenvalue weighted by Gasteiger charge is -2.24. The van der Waals surface area contributed by atoms with Gasteiger partial charge in [-0.05, 0) is 50.5 Å². The Morgan fingerprint density at radius 1 is 1.21 bits per heavy atom. The zero-order chi connectivity index (χ0) is 23.5. The maximum absolute atomic E-state index is 13.1. The molecular weight excluding hydrogens is 459 g/mol. The molecule has 1 fully saturated rings. The van der Waals surface area contributed by atoms with Gasteiger partial charge in [0.25, 0.3) is 5.56 Å². The number of aryl methyl sites for hydroxylation is 2. The summed E-state index contributed by atoms with van der Waals surface area (Å²) >= 11 is 3.04. The molecule has 1 aliphatic rings. The molecule has 1 unspecified atom stereocenters. The number of halogens is 1. The van der Waals surface area contributed by atoms with E-state index in [9.17, 15) is 14.0 Å². The minimum atomic E-state index is -0.224. The number of aromatic nitrogens is 2. The molecule has 4 rings (SSSR count). The Kier molecular flexibility index (Phi) is 7.51. The number of hydrogen-bond donors (Lipinski definition) is 1. The number of amides is 1. The molecule has 3 heterocycles. The van der Waals surface area contributed by atoms with E-state index < -0.39 is 0 Å². The molecule has 0 aliphatic carbocycles. The van der Waals surface area contributed by atoms with Crippen LogP contribution in [-0.2, 0) is 17.1 Å². The van der Waals surface area contributed by atoms with Crippen molar-refractivity contribution in [2.45, 2.75) is 44.7 Å². The largest absolute Gasteiger partial charge is 0.340 e. The monoisotopic (exact) mass is 488 g/mol. The molecule has 1 N–H and O–H groups in total. The second kappa shape index (κ2) is 10.4. The van der Waals surface area contributed by atoms with Crippen molar-refractivity contribution in [1.29, 1.82) is 0 Å². The number of carbonyl (C=O) groups is 1. The van der Waals surface area contributed by atoms with Crippen LogP contribution in [0.3, 0.4) is 0 Å². The quantitative estimate of drug-likeness (QED) is 0.566. The Morgan fingerprint density at radius 2 is 1.97 bits per heavy atom. The third kappa shape index (κ3) is 5.65. The molecule has 1 saturated heterocycles. The van der Waals surface area contributed by atoms with Gasteiger partial charge < -0.3 is 9.88 Å². The standard InChI is InChI=1S/C24H29FN4O2S2/c1-15-16(2)33-23-21(15)22(30)26-20(27-23)14-32-17(3)24(31)29-10-4-9-28(11-12-29)13-18-5-7-19(25)8-6-18/h5-8,17H,4,9-14H2,1-3H3,(H,26,27,30). The van der Waals surface area contributed by atoms with Crippen LogP contribution >= 0.6 is 23.1 Å². The highest BCUT2D eigenvalue weighted by Crippen LogP contribution is 2.27. The molecule has 0 saturated carbocycles. The molecule has 33 heavy (non-hydrogen) atoms. The van der Waals surface area contributed by atoms with Crippen molar-refractivity contribution in [3.63, 3.8) is 0 Å². The summed E-state index contributed by atoms with van der Waals surface area (Å²) < 4.78 is 13.1. The fraction of sp³-hybridized carbons (Fsp3) is 0.458. The minimum absolute atomic E-state index is 0.106. The summed E-state index contributed by atoms with van der Waals surface area (Å²) in [6, 6.07) is 6.61. The third-order valence-electron chi connectivity index (χ3n) is 6.13. The molecule has 1 aromatic carbocycles. The first kappa shape index (κ1) is 23.9. The smallest absolute Gasteiger partial charge is 0.259 e. The van der Waals surface area contributed by atoms with E-state index in [-0.39, 0.29) is 22.5 Å². The average Bonchev–Trinajstić information content (AvgIpc) is 2.94. The van der Waals surface area contributed by atoms with Crippen molar-refractivity contribution in [3.05, 3.63) is 62.3 Å². The van der Waals surface area contributed by atoms with Gasteiger partial charge in [-0.25, -0.2) is 9.37 Å². The van der Waals surface area contributed by atoms with Crippen LogP contribution in [0, 0.1) is 19.7 Å². The molecule has 1 atom stereocenters. The SMILES string of the molecule is Cc1sc2nc(CSC(C)C(=O)N3CCCN(Cc4ccc(F)cc4)CC3)[nH]c(=O)c2c1C. The van der Waals surface area contributed by atoms with E-state index in [0.717, 1.165) is 53.4 Å². The van der Waals surface area contributed by atoms with Gasteiger partial charge in [-0.2, -0.15) is 0 Å². The zero-order valence-electron chi connectivity index (χ0n) is 19.2. The number of H-pyrrole nitrogens is 1.